The lowest BCUT2D eigenvalue weighted by Gasteiger charge is -2.12. The van der Waals surface area contributed by atoms with E-state index in [4.69, 9.17) is 0 Å². The molecule has 0 unspecified atom stereocenters. The number of aromatic nitrogens is 1. The number of halogens is 3. The number of phenolic OH excluding ortho intramolecular Hbond substituents is 1. The number of aromatic hydroxyl groups is 1. The molecule has 2 N–H and O–H groups in total. The third-order valence-corrected chi connectivity index (χ3v) is 5.27. The van der Waals surface area contributed by atoms with Crippen LogP contribution in [0.5, 0.6) is 5.75 Å². The number of alkyl halides is 3. The van der Waals surface area contributed by atoms with Gasteiger partial charge in [-0.2, -0.15) is 21.6 Å². The van der Waals surface area contributed by atoms with Crippen LogP contribution in [0, 0.1) is 0 Å². The van der Waals surface area contributed by atoms with Gasteiger partial charge in [-0.3, -0.25) is 4.72 Å². The van der Waals surface area contributed by atoms with E-state index in [1.807, 2.05) is 18.2 Å². The molecule has 10 heteroatoms. The van der Waals surface area contributed by atoms with E-state index in [9.17, 15) is 26.7 Å². The minimum absolute atomic E-state index is 0.462. The zero-order chi connectivity index (χ0) is 17.5. The predicted octanol–water partition coefficient (Wildman–Crippen LogP) is 3.93. The number of nitrogens with zero attached hydrogens (tertiary/aromatic N) is 1. The van der Waals surface area contributed by atoms with Gasteiger partial charge in [0.25, 0.3) is 0 Å². The molecule has 1 aromatic heterocycles. The number of hydrogen-bond donors (Lipinski definition) is 2. The number of thiazole rings is 1. The second-order valence-corrected chi connectivity index (χ2v) is 7.47. The highest BCUT2D eigenvalue weighted by Gasteiger charge is 2.46. The van der Waals surface area contributed by atoms with Gasteiger partial charge in [0.1, 0.15) is 10.8 Å². The molecule has 0 aliphatic heterocycles. The maximum absolute atomic E-state index is 12.4. The summed E-state index contributed by atoms with van der Waals surface area (Å²) in [7, 11) is -5.59. The van der Waals surface area contributed by atoms with Crippen molar-refractivity contribution in [3.63, 3.8) is 0 Å². The van der Waals surface area contributed by atoms with Crippen LogP contribution in [-0.4, -0.2) is 24.0 Å². The summed E-state index contributed by atoms with van der Waals surface area (Å²) >= 11 is 1.34. The Hall–Kier alpha value is -2.33. The van der Waals surface area contributed by atoms with Crippen LogP contribution in [0.15, 0.2) is 42.5 Å². The largest absolute Gasteiger partial charge is 0.516 e. The molecule has 2 aromatic carbocycles. The molecule has 24 heavy (non-hydrogen) atoms. The summed E-state index contributed by atoms with van der Waals surface area (Å²) in [6, 6.07) is 10.9. The van der Waals surface area contributed by atoms with Crippen LogP contribution in [-0.2, 0) is 10.0 Å². The minimum Gasteiger partial charge on any atom is -0.506 e. The number of nitrogens with one attached hydrogen (secondary N) is 1. The van der Waals surface area contributed by atoms with Crippen molar-refractivity contribution in [2.45, 2.75) is 5.51 Å². The molecule has 0 bridgehead atoms. The number of anilines is 1. The third-order valence-electron chi connectivity index (χ3n) is 3.09. The summed E-state index contributed by atoms with van der Waals surface area (Å²) in [6.07, 6.45) is 0. The van der Waals surface area contributed by atoms with Crippen molar-refractivity contribution < 1.29 is 26.7 Å². The highest BCUT2D eigenvalue weighted by molar-refractivity contribution is 7.93. The Morgan fingerprint density at radius 1 is 1.12 bits per heavy atom. The Bertz CT molecular complexity index is 981. The summed E-state index contributed by atoms with van der Waals surface area (Å²) in [5.74, 6) is -0.625. The monoisotopic (exact) mass is 374 g/mol. The van der Waals surface area contributed by atoms with Gasteiger partial charge >= 0.3 is 15.5 Å². The quantitative estimate of drug-likeness (QED) is 0.681. The molecule has 3 rings (SSSR count). The first-order chi connectivity index (χ1) is 11.2. The third kappa shape index (κ3) is 3.02. The molecular weight excluding hydrogens is 365 g/mol. The fourth-order valence-corrected chi connectivity index (χ4v) is 3.49. The van der Waals surface area contributed by atoms with Gasteiger partial charge in [0.15, 0.2) is 0 Å². The second kappa shape index (κ2) is 5.64. The van der Waals surface area contributed by atoms with Gasteiger partial charge in [-0.1, -0.05) is 12.1 Å². The molecule has 0 aliphatic carbocycles. The van der Waals surface area contributed by atoms with Gasteiger partial charge < -0.3 is 5.11 Å². The van der Waals surface area contributed by atoms with E-state index < -0.39 is 27.0 Å². The Labute approximate surface area is 138 Å². The lowest BCUT2D eigenvalue weighted by atomic mass is 10.2. The first-order valence-corrected chi connectivity index (χ1v) is 8.75. The van der Waals surface area contributed by atoms with Crippen LogP contribution in [0.1, 0.15) is 0 Å². The Balaban J connectivity index is 1.95. The minimum atomic E-state index is -5.59. The number of hydrogen-bond acceptors (Lipinski definition) is 5. The predicted molar refractivity (Wildman–Crippen MR) is 85.3 cm³/mol. The Kier molecular flexibility index (Phi) is 3.88. The van der Waals surface area contributed by atoms with Gasteiger partial charge in [0.05, 0.1) is 15.9 Å². The summed E-state index contributed by atoms with van der Waals surface area (Å²) < 4.78 is 61.5. The van der Waals surface area contributed by atoms with Crippen LogP contribution in [0.25, 0.3) is 20.8 Å². The Morgan fingerprint density at radius 2 is 1.83 bits per heavy atom. The summed E-state index contributed by atoms with van der Waals surface area (Å²) in [4.78, 5) is 4.36. The number of fused-ring (bicyclic) bond motifs is 1. The SMILES string of the molecule is O=S(=O)(Nc1ccc(-c2nc3ccccc3s2)cc1O)C(F)(F)F. The fraction of sp³-hybridized carbons (Fsp3) is 0.0714. The van der Waals surface area contributed by atoms with E-state index in [0.29, 0.717) is 10.6 Å². The Morgan fingerprint density at radius 3 is 2.46 bits per heavy atom. The number of para-hydroxylation sites is 1. The van der Waals surface area contributed by atoms with Crippen LogP contribution < -0.4 is 4.72 Å². The molecule has 0 saturated carbocycles. The lowest BCUT2D eigenvalue weighted by molar-refractivity contribution is -0.0429. The summed E-state index contributed by atoms with van der Waals surface area (Å²) in [5.41, 5.74) is -4.81. The van der Waals surface area contributed by atoms with Crippen LogP contribution in [0.3, 0.4) is 0 Å². The zero-order valence-electron chi connectivity index (χ0n) is 11.7. The van der Waals surface area contributed by atoms with E-state index in [-0.39, 0.29) is 0 Å². The van der Waals surface area contributed by atoms with Crippen molar-refractivity contribution in [2.24, 2.45) is 0 Å². The molecule has 0 atom stereocenters. The average Bonchev–Trinajstić information content (AvgIpc) is 2.92. The van der Waals surface area contributed by atoms with Crippen molar-refractivity contribution in [1.29, 1.82) is 0 Å². The summed E-state index contributed by atoms with van der Waals surface area (Å²) in [5, 5.41) is 10.4. The van der Waals surface area contributed by atoms with E-state index in [0.717, 1.165) is 22.3 Å². The van der Waals surface area contributed by atoms with Crippen molar-refractivity contribution in [2.75, 3.05) is 4.72 Å². The van der Waals surface area contributed by atoms with Crippen molar-refractivity contribution in [1.82, 2.24) is 4.98 Å². The topological polar surface area (TPSA) is 79.3 Å². The van der Waals surface area contributed by atoms with Crippen LogP contribution >= 0.6 is 11.3 Å². The molecule has 0 spiro atoms. The van der Waals surface area contributed by atoms with Gasteiger partial charge in [0, 0.05) is 5.56 Å². The number of phenols is 1. The smallest absolute Gasteiger partial charge is 0.506 e. The van der Waals surface area contributed by atoms with Gasteiger partial charge in [-0.05, 0) is 30.3 Å². The molecule has 0 fully saturated rings. The molecule has 0 aliphatic rings. The van der Waals surface area contributed by atoms with E-state index in [1.54, 1.807) is 6.07 Å². The normalized spacial score (nSPS) is 12.5. The molecule has 3 aromatic rings. The highest BCUT2D eigenvalue weighted by atomic mass is 32.2. The van der Waals surface area contributed by atoms with Crippen molar-refractivity contribution in [3.05, 3.63) is 42.5 Å². The zero-order valence-corrected chi connectivity index (χ0v) is 13.3. The lowest BCUT2D eigenvalue weighted by Crippen LogP contribution is -2.29. The molecule has 0 radical (unpaired) electrons. The number of rotatable bonds is 3. The van der Waals surface area contributed by atoms with Crippen molar-refractivity contribution >= 4 is 37.3 Å². The van der Waals surface area contributed by atoms with Gasteiger partial charge in [-0.25, -0.2) is 4.98 Å². The van der Waals surface area contributed by atoms with Crippen LogP contribution in [0.2, 0.25) is 0 Å². The van der Waals surface area contributed by atoms with Gasteiger partial charge in [0.2, 0.25) is 0 Å². The van der Waals surface area contributed by atoms with E-state index in [1.165, 1.54) is 22.1 Å². The van der Waals surface area contributed by atoms with Gasteiger partial charge in [-0.15, -0.1) is 11.3 Å². The first-order valence-electron chi connectivity index (χ1n) is 6.45. The number of benzene rings is 2. The molecule has 126 valence electrons. The summed E-state index contributed by atoms with van der Waals surface area (Å²) in [6.45, 7) is 0. The molecule has 0 saturated heterocycles. The fourth-order valence-electron chi connectivity index (χ4n) is 1.95. The maximum Gasteiger partial charge on any atom is 0.516 e. The van der Waals surface area contributed by atoms with E-state index in [2.05, 4.69) is 4.98 Å². The standard InChI is InChI=1S/C14H9F3N2O3S2/c15-14(16,17)24(21,22)19-9-6-5-8(7-11(9)20)13-18-10-3-1-2-4-12(10)23-13/h1-7,19-20H. The van der Waals surface area contributed by atoms with Crippen LogP contribution in [0.4, 0.5) is 18.9 Å². The highest BCUT2D eigenvalue weighted by Crippen LogP contribution is 2.36. The van der Waals surface area contributed by atoms with Crippen molar-refractivity contribution in [3.8, 4) is 16.3 Å². The second-order valence-electron chi connectivity index (χ2n) is 4.77. The number of sulfonamides is 1. The molecule has 0 amide bonds. The molecule has 1 heterocycles. The molecular formula is C14H9F3N2O3S2. The first kappa shape index (κ1) is 16.5. The molecule has 5 nitrogen and oxygen atoms in total. The average molecular weight is 374 g/mol. The maximum atomic E-state index is 12.4. The van der Waals surface area contributed by atoms with E-state index >= 15 is 0 Å².